The van der Waals surface area contributed by atoms with E-state index in [1.165, 1.54) is 30.4 Å². The Morgan fingerprint density at radius 1 is 1.17 bits per heavy atom. The van der Waals surface area contributed by atoms with Crippen LogP contribution < -0.4 is 10.5 Å². The summed E-state index contributed by atoms with van der Waals surface area (Å²) in [5, 5.41) is 0. The first-order chi connectivity index (χ1) is 8.51. The molecule has 3 rings (SSSR count). The summed E-state index contributed by atoms with van der Waals surface area (Å²) in [5.41, 5.74) is 8.73. The number of fused-ring (bicyclic) bond motifs is 1. The van der Waals surface area contributed by atoms with E-state index in [-0.39, 0.29) is 11.1 Å². The minimum Gasteiger partial charge on any atom is -0.487 e. The molecule has 2 heteroatoms. The summed E-state index contributed by atoms with van der Waals surface area (Å²) in [6.45, 7) is 4.26. The van der Waals surface area contributed by atoms with Crippen molar-refractivity contribution in [3.05, 3.63) is 29.3 Å². The summed E-state index contributed by atoms with van der Waals surface area (Å²) in [5.74, 6) is 1.02. The van der Waals surface area contributed by atoms with Crippen LogP contribution in [0.3, 0.4) is 0 Å². The SMILES string of the molecule is Cc1ccc2c(c1)OC1(CCCCC1)CC2(C)N. The van der Waals surface area contributed by atoms with Gasteiger partial charge >= 0.3 is 0 Å². The maximum absolute atomic E-state index is 6.57. The largest absolute Gasteiger partial charge is 0.487 e. The van der Waals surface area contributed by atoms with E-state index in [1.54, 1.807) is 0 Å². The molecule has 2 aliphatic rings. The lowest BCUT2D eigenvalue weighted by Gasteiger charge is -2.47. The van der Waals surface area contributed by atoms with Crippen LogP contribution in [-0.2, 0) is 5.54 Å². The van der Waals surface area contributed by atoms with E-state index in [2.05, 4.69) is 32.0 Å². The number of aryl methyl sites for hydroxylation is 1. The molecule has 18 heavy (non-hydrogen) atoms. The van der Waals surface area contributed by atoms with Crippen molar-refractivity contribution < 1.29 is 4.74 Å². The minimum atomic E-state index is -0.251. The maximum atomic E-state index is 6.57. The molecule has 1 saturated carbocycles. The van der Waals surface area contributed by atoms with Gasteiger partial charge in [0.1, 0.15) is 11.4 Å². The van der Waals surface area contributed by atoms with Gasteiger partial charge in [-0.2, -0.15) is 0 Å². The van der Waals surface area contributed by atoms with Crippen molar-refractivity contribution in [3.8, 4) is 5.75 Å². The van der Waals surface area contributed by atoms with Gasteiger partial charge in [0.15, 0.2) is 0 Å². The first kappa shape index (κ1) is 12.0. The molecule has 98 valence electrons. The van der Waals surface area contributed by atoms with Crippen LogP contribution in [0.2, 0.25) is 0 Å². The van der Waals surface area contributed by atoms with Gasteiger partial charge in [0, 0.05) is 17.5 Å². The van der Waals surface area contributed by atoms with Gasteiger partial charge in [-0.3, -0.25) is 0 Å². The molecule has 1 atom stereocenters. The lowest BCUT2D eigenvalue weighted by Crippen LogP contribution is -2.51. The smallest absolute Gasteiger partial charge is 0.125 e. The standard InChI is InChI=1S/C16H23NO/c1-12-6-7-13-14(10-12)18-16(11-15(13,2)17)8-4-3-5-9-16/h6-7,10H,3-5,8-9,11,17H2,1-2H3. The highest BCUT2D eigenvalue weighted by atomic mass is 16.5. The van der Waals surface area contributed by atoms with Gasteiger partial charge in [-0.05, 0) is 51.2 Å². The van der Waals surface area contributed by atoms with E-state index in [0.717, 1.165) is 25.0 Å². The third-order valence-corrected chi connectivity index (χ3v) is 4.53. The third kappa shape index (κ3) is 1.93. The molecule has 1 aliphatic carbocycles. The normalized spacial score (nSPS) is 29.7. The Bertz CT molecular complexity index is 458. The number of hydrogen-bond donors (Lipinski definition) is 1. The average Bonchev–Trinajstić information content (AvgIpc) is 2.27. The van der Waals surface area contributed by atoms with E-state index in [9.17, 15) is 0 Å². The van der Waals surface area contributed by atoms with Crippen LogP contribution in [0, 0.1) is 6.92 Å². The molecule has 1 fully saturated rings. The van der Waals surface area contributed by atoms with Crippen molar-refractivity contribution >= 4 is 0 Å². The Balaban J connectivity index is 2.03. The van der Waals surface area contributed by atoms with Crippen LogP contribution in [0.15, 0.2) is 18.2 Å². The second-order valence-corrected chi connectivity index (χ2v) is 6.44. The fourth-order valence-electron chi connectivity index (χ4n) is 3.69. The van der Waals surface area contributed by atoms with Gasteiger partial charge in [-0.1, -0.05) is 18.6 Å². The number of ether oxygens (including phenoxy) is 1. The van der Waals surface area contributed by atoms with Crippen molar-refractivity contribution in [1.82, 2.24) is 0 Å². The van der Waals surface area contributed by atoms with E-state index in [1.807, 2.05) is 0 Å². The van der Waals surface area contributed by atoms with E-state index in [0.29, 0.717) is 0 Å². The second-order valence-electron chi connectivity index (χ2n) is 6.44. The van der Waals surface area contributed by atoms with Crippen molar-refractivity contribution in [2.45, 2.75) is 63.5 Å². The van der Waals surface area contributed by atoms with Gasteiger partial charge in [0.05, 0.1) is 0 Å². The molecule has 1 spiro atoms. The quantitative estimate of drug-likeness (QED) is 0.757. The van der Waals surface area contributed by atoms with Crippen molar-refractivity contribution in [3.63, 3.8) is 0 Å². The molecule has 2 N–H and O–H groups in total. The number of rotatable bonds is 0. The second kappa shape index (κ2) is 3.99. The molecule has 2 nitrogen and oxygen atoms in total. The highest BCUT2D eigenvalue weighted by Gasteiger charge is 2.45. The zero-order chi connectivity index (χ0) is 12.8. The van der Waals surface area contributed by atoms with Crippen LogP contribution in [0.25, 0.3) is 0 Å². The Labute approximate surface area is 110 Å². The third-order valence-electron chi connectivity index (χ3n) is 4.53. The molecule has 1 heterocycles. The summed E-state index contributed by atoms with van der Waals surface area (Å²) >= 11 is 0. The molecule has 1 aromatic rings. The van der Waals surface area contributed by atoms with Crippen molar-refractivity contribution in [2.75, 3.05) is 0 Å². The monoisotopic (exact) mass is 245 g/mol. The maximum Gasteiger partial charge on any atom is 0.125 e. The molecule has 0 amide bonds. The summed E-state index contributed by atoms with van der Waals surface area (Å²) in [4.78, 5) is 0. The molecule has 0 radical (unpaired) electrons. The fraction of sp³-hybridized carbons (Fsp3) is 0.625. The Morgan fingerprint density at radius 3 is 2.61 bits per heavy atom. The average molecular weight is 245 g/mol. The molecule has 0 saturated heterocycles. The highest BCUT2D eigenvalue weighted by molar-refractivity contribution is 5.44. The van der Waals surface area contributed by atoms with Crippen molar-refractivity contribution in [2.24, 2.45) is 5.73 Å². The number of hydrogen-bond acceptors (Lipinski definition) is 2. The summed E-state index contributed by atoms with van der Waals surface area (Å²) < 4.78 is 6.40. The first-order valence-corrected chi connectivity index (χ1v) is 7.10. The van der Waals surface area contributed by atoms with Crippen LogP contribution >= 0.6 is 0 Å². The lowest BCUT2D eigenvalue weighted by atomic mass is 9.72. The van der Waals surface area contributed by atoms with Crippen LogP contribution in [0.1, 0.15) is 56.6 Å². The zero-order valence-corrected chi connectivity index (χ0v) is 11.5. The molecule has 1 aromatic carbocycles. The number of benzene rings is 1. The van der Waals surface area contributed by atoms with Gasteiger partial charge in [-0.15, -0.1) is 0 Å². The Kier molecular flexibility index (Phi) is 2.67. The van der Waals surface area contributed by atoms with Crippen LogP contribution in [-0.4, -0.2) is 5.60 Å². The van der Waals surface area contributed by atoms with E-state index in [4.69, 9.17) is 10.5 Å². The molecule has 1 aliphatic heterocycles. The van der Waals surface area contributed by atoms with E-state index >= 15 is 0 Å². The number of nitrogens with two attached hydrogens (primary N) is 1. The Morgan fingerprint density at radius 2 is 1.89 bits per heavy atom. The zero-order valence-electron chi connectivity index (χ0n) is 11.5. The van der Waals surface area contributed by atoms with Gasteiger partial charge in [-0.25, -0.2) is 0 Å². The molecular weight excluding hydrogens is 222 g/mol. The topological polar surface area (TPSA) is 35.2 Å². The fourth-order valence-corrected chi connectivity index (χ4v) is 3.69. The summed E-state index contributed by atoms with van der Waals surface area (Å²) in [7, 11) is 0. The van der Waals surface area contributed by atoms with Gasteiger partial charge < -0.3 is 10.5 Å². The first-order valence-electron chi connectivity index (χ1n) is 7.10. The Hall–Kier alpha value is -1.02. The van der Waals surface area contributed by atoms with Crippen LogP contribution in [0.5, 0.6) is 5.75 Å². The van der Waals surface area contributed by atoms with E-state index < -0.39 is 0 Å². The minimum absolute atomic E-state index is 0.00252. The summed E-state index contributed by atoms with van der Waals surface area (Å²) in [6.07, 6.45) is 7.16. The molecule has 1 unspecified atom stereocenters. The molecular formula is C16H23NO. The van der Waals surface area contributed by atoms with Crippen molar-refractivity contribution in [1.29, 1.82) is 0 Å². The molecule has 0 bridgehead atoms. The van der Waals surface area contributed by atoms with Crippen LogP contribution in [0.4, 0.5) is 0 Å². The van der Waals surface area contributed by atoms with Gasteiger partial charge in [0.25, 0.3) is 0 Å². The highest BCUT2D eigenvalue weighted by Crippen LogP contribution is 2.47. The predicted octanol–water partition coefficient (Wildman–Crippen LogP) is 3.65. The van der Waals surface area contributed by atoms with Gasteiger partial charge in [0.2, 0.25) is 0 Å². The lowest BCUT2D eigenvalue weighted by molar-refractivity contribution is -0.0147. The summed E-state index contributed by atoms with van der Waals surface area (Å²) in [6, 6.07) is 6.42. The molecule has 0 aromatic heterocycles. The predicted molar refractivity (Wildman–Crippen MR) is 73.8 cm³/mol.